The zero-order valence-corrected chi connectivity index (χ0v) is 10.00. The summed E-state index contributed by atoms with van der Waals surface area (Å²) in [5.41, 5.74) is 2.39. The van der Waals surface area contributed by atoms with Crippen molar-refractivity contribution in [1.29, 1.82) is 0 Å². The SMILES string of the molecule is Cc1cccc(CNC2C=CS(=O)(=O)C2)c1. The molecule has 86 valence electrons. The van der Waals surface area contributed by atoms with Gasteiger partial charge < -0.3 is 5.32 Å². The van der Waals surface area contributed by atoms with Gasteiger partial charge in [0.25, 0.3) is 0 Å². The first-order valence-electron chi connectivity index (χ1n) is 5.25. The van der Waals surface area contributed by atoms with Crippen LogP contribution in [0.15, 0.2) is 35.7 Å². The van der Waals surface area contributed by atoms with Crippen LogP contribution in [0.5, 0.6) is 0 Å². The van der Waals surface area contributed by atoms with E-state index in [1.54, 1.807) is 6.08 Å². The molecular weight excluding hydrogens is 222 g/mol. The number of aryl methyl sites for hydroxylation is 1. The smallest absolute Gasteiger partial charge is 0.173 e. The summed E-state index contributed by atoms with van der Waals surface area (Å²) in [4.78, 5) is 0. The van der Waals surface area contributed by atoms with Gasteiger partial charge in [-0.1, -0.05) is 35.9 Å². The van der Waals surface area contributed by atoms with Gasteiger partial charge in [0.1, 0.15) is 0 Å². The van der Waals surface area contributed by atoms with Crippen LogP contribution < -0.4 is 5.32 Å². The summed E-state index contributed by atoms with van der Waals surface area (Å²) < 4.78 is 22.4. The van der Waals surface area contributed by atoms with Crippen LogP contribution >= 0.6 is 0 Å². The van der Waals surface area contributed by atoms with Gasteiger partial charge in [-0.3, -0.25) is 0 Å². The fourth-order valence-corrected chi connectivity index (χ4v) is 3.04. The summed E-state index contributed by atoms with van der Waals surface area (Å²) in [5.74, 6) is 0.179. The molecule has 1 unspecified atom stereocenters. The van der Waals surface area contributed by atoms with Gasteiger partial charge in [-0.25, -0.2) is 8.42 Å². The zero-order valence-electron chi connectivity index (χ0n) is 9.18. The summed E-state index contributed by atoms with van der Waals surface area (Å²) in [6, 6.07) is 8.13. The Bertz CT molecular complexity index is 506. The standard InChI is InChI=1S/C12H15NO2S/c1-10-3-2-4-11(7-10)8-13-12-5-6-16(14,15)9-12/h2-7,12-13H,8-9H2,1H3. The Morgan fingerprint density at radius 2 is 2.25 bits per heavy atom. The van der Waals surface area contributed by atoms with E-state index in [-0.39, 0.29) is 11.8 Å². The minimum Gasteiger partial charge on any atom is -0.305 e. The highest BCUT2D eigenvalue weighted by atomic mass is 32.2. The molecule has 1 aliphatic rings. The summed E-state index contributed by atoms with van der Waals surface area (Å²) in [5, 5.41) is 4.51. The molecule has 2 rings (SSSR count). The van der Waals surface area contributed by atoms with E-state index in [0.29, 0.717) is 6.54 Å². The van der Waals surface area contributed by atoms with Gasteiger partial charge in [0, 0.05) is 18.0 Å². The number of sulfone groups is 1. The highest BCUT2D eigenvalue weighted by Crippen LogP contribution is 2.09. The fraction of sp³-hybridized carbons (Fsp3) is 0.333. The molecule has 0 amide bonds. The van der Waals surface area contributed by atoms with Crippen LogP contribution in [-0.2, 0) is 16.4 Å². The second kappa shape index (κ2) is 4.39. The van der Waals surface area contributed by atoms with Crippen molar-refractivity contribution in [3.63, 3.8) is 0 Å². The van der Waals surface area contributed by atoms with Crippen molar-refractivity contribution >= 4 is 9.84 Å². The van der Waals surface area contributed by atoms with E-state index in [4.69, 9.17) is 0 Å². The predicted octanol–water partition coefficient (Wildman–Crippen LogP) is 1.40. The molecule has 0 bridgehead atoms. The van der Waals surface area contributed by atoms with Gasteiger partial charge >= 0.3 is 0 Å². The van der Waals surface area contributed by atoms with Crippen LogP contribution in [0.4, 0.5) is 0 Å². The van der Waals surface area contributed by atoms with Gasteiger partial charge in [0.05, 0.1) is 5.75 Å². The van der Waals surface area contributed by atoms with Crippen molar-refractivity contribution in [2.45, 2.75) is 19.5 Å². The summed E-state index contributed by atoms with van der Waals surface area (Å²) >= 11 is 0. The highest BCUT2D eigenvalue weighted by molar-refractivity contribution is 7.94. The Morgan fingerprint density at radius 3 is 2.88 bits per heavy atom. The monoisotopic (exact) mass is 237 g/mol. The van der Waals surface area contributed by atoms with E-state index in [1.165, 1.54) is 16.5 Å². The summed E-state index contributed by atoms with van der Waals surface area (Å²) in [7, 11) is -2.95. The molecule has 0 radical (unpaired) electrons. The number of hydrogen-bond acceptors (Lipinski definition) is 3. The Hall–Kier alpha value is -1.13. The van der Waals surface area contributed by atoms with Gasteiger partial charge in [0.15, 0.2) is 9.84 Å². The maximum absolute atomic E-state index is 11.2. The molecule has 0 aliphatic carbocycles. The lowest BCUT2D eigenvalue weighted by Crippen LogP contribution is -2.29. The average Bonchev–Trinajstić information content (AvgIpc) is 2.56. The van der Waals surface area contributed by atoms with E-state index >= 15 is 0 Å². The van der Waals surface area contributed by atoms with Crippen molar-refractivity contribution < 1.29 is 8.42 Å². The van der Waals surface area contributed by atoms with E-state index in [0.717, 1.165) is 0 Å². The maximum atomic E-state index is 11.2. The lowest BCUT2D eigenvalue weighted by molar-refractivity contribution is 0.590. The Balaban J connectivity index is 1.92. The third kappa shape index (κ3) is 2.93. The van der Waals surface area contributed by atoms with Crippen molar-refractivity contribution in [2.75, 3.05) is 5.75 Å². The molecule has 0 saturated carbocycles. The second-order valence-corrected chi connectivity index (χ2v) is 6.07. The first kappa shape index (κ1) is 11.4. The number of hydrogen-bond donors (Lipinski definition) is 1. The van der Waals surface area contributed by atoms with Crippen molar-refractivity contribution in [2.24, 2.45) is 0 Å². The molecule has 1 aromatic carbocycles. The van der Waals surface area contributed by atoms with E-state index < -0.39 is 9.84 Å². The van der Waals surface area contributed by atoms with Crippen molar-refractivity contribution in [3.05, 3.63) is 46.9 Å². The molecular formula is C12H15NO2S. The molecule has 0 aromatic heterocycles. The number of benzene rings is 1. The van der Waals surface area contributed by atoms with Crippen LogP contribution in [0.1, 0.15) is 11.1 Å². The normalized spacial score (nSPS) is 22.4. The topological polar surface area (TPSA) is 46.2 Å². The Labute approximate surface area is 96.1 Å². The van der Waals surface area contributed by atoms with Gasteiger partial charge in [-0.2, -0.15) is 0 Å². The minimum absolute atomic E-state index is 0.0505. The quantitative estimate of drug-likeness (QED) is 0.864. The molecule has 0 spiro atoms. The third-order valence-electron chi connectivity index (χ3n) is 2.58. The molecule has 1 heterocycles. The molecule has 0 saturated heterocycles. The Morgan fingerprint density at radius 1 is 1.44 bits per heavy atom. The first-order chi connectivity index (χ1) is 7.55. The highest BCUT2D eigenvalue weighted by Gasteiger charge is 2.20. The van der Waals surface area contributed by atoms with Crippen LogP contribution in [0.2, 0.25) is 0 Å². The predicted molar refractivity (Wildman–Crippen MR) is 64.7 cm³/mol. The molecule has 1 aromatic rings. The van der Waals surface area contributed by atoms with E-state index in [1.807, 2.05) is 25.1 Å². The van der Waals surface area contributed by atoms with Crippen LogP contribution in [-0.4, -0.2) is 20.2 Å². The van der Waals surface area contributed by atoms with E-state index in [9.17, 15) is 8.42 Å². The summed E-state index contributed by atoms with van der Waals surface area (Å²) in [6.45, 7) is 2.75. The van der Waals surface area contributed by atoms with Crippen LogP contribution in [0, 0.1) is 6.92 Å². The second-order valence-electron chi connectivity index (χ2n) is 4.13. The molecule has 3 nitrogen and oxygen atoms in total. The molecule has 1 atom stereocenters. The summed E-state index contributed by atoms with van der Waals surface area (Å²) in [6.07, 6.45) is 1.71. The number of rotatable bonds is 3. The fourth-order valence-electron chi connectivity index (χ4n) is 1.77. The zero-order chi connectivity index (χ0) is 11.6. The van der Waals surface area contributed by atoms with Crippen molar-refractivity contribution in [3.8, 4) is 0 Å². The van der Waals surface area contributed by atoms with Crippen LogP contribution in [0.25, 0.3) is 0 Å². The lowest BCUT2D eigenvalue weighted by Gasteiger charge is -2.10. The third-order valence-corrected chi connectivity index (χ3v) is 3.98. The Kier molecular flexibility index (Phi) is 3.12. The molecule has 1 aliphatic heterocycles. The van der Waals surface area contributed by atoms with Gasteiger partial charge in [0.2, 0.25) is 0 Å². The molecule has 1 N–H and O–H groups in total. The number of nitrogens with one attached hydrogen (secondary N) is 1. The average molecular weight is 237 g/mol. The van der Waals surface area contributed by atoms with E-state index in [2.05, 4.69) is 11.4 Å². The lowest BCUT2D eigenvalue weighted by atomic mass is 10.1. The molecule has 0 fully saturated rings. The van der Waals surface area contributed by atoms with Gasteiger partial charge in [-0.05, 0) is 12.5 Å². The largest absolute Gasteiger partial charge is 0.305 e. The molecule has 4 heteroatoms. The maximum Gasteiger partial charge on any atom is 0.173 e. The van der Waals surface area contributed by atoms with Crippen LogP contribution in [0.3, 0.4) is 0 Å². The van der Waals surface area contributed by atoms with Gasteiger partial charge in [-0.15, -0.1) is 0 Å². The molecule has 16 heavy (non-hydrogen) atoms. The first-order valence-corrected chi connectivity index (χ1v) is 6.97. The van der Waals surface area contributed by atoms with Crippen molar-refractivity contribution in [1.82, 2.24) is 5.32 Å². The minimum atomic E-state index is -2.95.